The van der Waals surface area contributed by atoms with Crippen LogP contribution in [0.2, 0.25) is 0 Å². The van der Waals surface area contributed by atoms with Crippen LogP contribution >= 0.6 is 12.4 Å². The number of amides is 1. The third kappa shape index (κ3) is 3.74. The lowest BCUT2D eigenvalue weighted by Gasteiger charge is -2.35. The van der Waals surface area contributed by atoms with Crippen molar-refractivity contribution in [2.75, 3.05) is 13.1 Å². The third-order valence-electron chi connectivity index (χ3n) is 4.39. The second-order valence-corrected chi connectivity index (χ2v) is 5.86. The average molecular weight is 336 g/mol. The van der Waals surface area contributed by atoms with Crippen LogP contribution in [0.1, 0.15) is 24.8 Å². The van der Waals surface area contributed by atoms with Crippen molar-refractivity contribution in [3.8, 4) is 0 Å². The van der Waals surface area contributed by atoms with Gasteiger partial charge in [-0.15, -0.1) is 12.4 Å². The molecule has 0 saturated carbocycles. The van der Waals surface area contributed by atoms with E-state index in [2.05, 4.69) is 4.98 Å². The number of carbonyl (C=O) groups is 1. The minimum Gasteiger partial charge on any atom is -0.338 e. The van der Waals surface area contributed by atoms with Gasteiger partial charge in [-0.1, -0.05) is 18.2 Å². The number of nitrogens with two attached hydrogens (primary N) is 1. The maximum atomic E-state index is 12.5. The second-order valence-electron chi connectivity index (χ2n) is 5.86. The average Bonchev–Trinajstić information content (AvgIpc) is 2.55. The van der Waals surface area contributed by atoms with Crippen LogP contribution in [0.15, 0.2) is 35.1 Å². The molecule has 0 aliphatic carbocycles. The molecule has 5 nitrogen and oxygen atoms in total. The molecule has 0 radical (unpaired) electrons. The molecule has 3 N–H and O–H groups in total. The van der Waals surface area contributed by atoms with Crippen molar-refractivity contribution < 1.29 is 4.79 Å². The molecule has 124 valence electrons. The SMILES string of the molecule is Cl.NCC1CCCCN1C(=O)Cc1cc2ccccc2[nH]c1=O. The van der Waals surface area contributed by atoms with Gasteiger partial charge in [0.15, 0.2) is 0 Å². The number of halogens is 1. The fourth-order valence-corrected chi connectivity index (χ4v) is 3.16. The molecule has 1 aromatic heterocycles. The Morgan fingerprint density at radius 2 is 2.09 bits per heavy atom. The van der Waals surface area contributed by atoms with Crippen molar-refractivity contribution in [3.63, 3.8) is 0 Å². The van der Waals surface area contributed by atoms with Crippen LogP contribution in [0.25, 0.3) is 10.9 Å². The number of fused-ring (bicyclic) bond motifs is 1. The van der Waals surface area contributed by atoms with Gasteiger partial charge >= 0.3 is 0 Å². The van der Waals surface area contributed by atoms with Crippen LogP contribution in [-0.4, -0.2) is 34.9 Å². The first-order chi connectivity index (χ1) is 10.7. The number of nitrogens with zero attached hydrogens (tertiary/aromatic N) is 1. The fraction of sp³-hybridized carbons (Fsp3) is 0.412. The minimum atomic E-state index is -0.187. The Balaban J connectivity index is 0.00000192. The fourth-order valence-electron chi connectivity index (χ4n) is 3.16. The largest absolute Gasteiger partial charge is 0.338 e. The number of H-pyrrole nitrogens is 1. The van der Waals surface area contributed by atoms with E-state index in [9.17, 15) is 9.59 Å². The first-order valence-corrected chi connectivity index (χ1v) is 7.79. The summed E-state index contributed by atoms with van der Waals surface area (Å²) in [7, 11) is 0. The predicted octanol–water partition coefficient (Wildman–Crippen LogP) is 1.83. The Morgan fingerprint density at radius 3 is 2.87 bits per heavy atom. The van der Waals surface area contributed by atoms with Gasteiger partial charge in [0.2, 0.25) is 5.91 Å². The van der Waals surface area contributed by atoms with Crippen molar-refractivity contribution in [1.82, 2.24) is 9.88 Å². The van der Waals surface area contributed by atoms with Gasteiger partial charge in [0, 0.05) is 30.2 Å². The van der Waals surface area contributed by atoms with Gasteiger partial charge in [-0.3, -0.25) is 9.59 Å². The summed E-state index contributed by atoms with van der Waals surface area (Å²) >= 11 is 0. The molecular weight excluding hydrogens is 314 g/mol. The van der Waals surface area contributed by atoms with E-state index in [1.807, 2.05) is 35.2 Å². The summed E-state index contributed by atoms with van der Waals surface area (Å²) in [5.74, 6) is -0.00377. The van der Waals surface area contributed by atoms with Gasteiger partial charge in [-0.25, -0.2) is 0 Å². The molecule has 1 saturated heterocycles. The molecule has 1 amide bonds. The van der Waals surface area contributed by atoms with Crippen LogP contribution in [0, 0.1) is 0 Å². The predicted molar refractivity (Wildman–Crippen MR) is 93.9 cm³/mol. The summed E-state index contributed by atoms with van der Waals surface area (Å²) in [6.45, 7) is 1.23. The Hall–Kier alpha value is -1.85. The lowest BCUT2D eigenvalue weighted by molar-refractivity contribution is -0.133. The number of carbonyl (C=O) groups excluding carboxylic acids is 1. The number of likely N-dealkylation sites (tertiary alicyclic amines) is 1. The summed E-state index contributed by atoms with van der Waals surface area (Å²) < 4.78 is 0. The quantitative estimate of drug-likeness (QED) is 0.898. The molecule has 1 atom stereocenters. The number of nitrogens with one attached hydrogen (secondary N) is 1. The van der Waals surface area contributed by atoms with E-state index < -0.39 is 0 Å². The number of hydrogen-bond acceptors (Lipinski definition) is 3. The van der Waals surface area contributed by atoms with E-state index in [1.165, 1.54) is 0 Å². The molecule has 0 spiro atoms. The maximum Gasteiger partial charge on any atom is 0.252 e. The maximum absolute atomic E-state index is 12.5. The normalized spacial score (nSPS) is 17.8. The summed E-state index contributed by atoms with van der Waals surface area (Å²) in [6.07, 6.45) is 3.21. The molecular formula is C17H22ClN3O2. The number of aromatic amines is 1. The number of piperidine rings is 1. The number of para-hydroxylation sites is 1. The van der Waals surface area contributed by atoms with E-state index in [4.69, 9.17) is 5.73 Å². The standard InChI is InChI=1S/C17H21N3O2.ClH/c18-11-14-6-3-4-8-20(14)16(21)10-13-9-12-5-1-2-7-15(12)19-17(13)22;/h1-2,5,7,9,14H,3-4,6,8,10-11,18H2,(H,19,22);1H. The Bertz CT molecular complexity index is 744. The van der Waals surface area contributed by atoms with Gasteiger partial charge in [0.1, 0.15) is 0 Å². The van der Waals surface area contributed by atoms with Crippen molar-refractivity contribution in [2.24, 2.45) is 5.73 Å². The van der Waals surface area contributed by atoms with E-state index in [0.717, 1.165) is 36.7 Å². The first-order valence-electron chi connectivity index (χ1n) is 7.79. The molecule has 1 unspecified atom stereocenters. The number of aromatic nitrogens is 1. The minimum absolute atomic E-state index is 0. The molecule has 2 heterocycles. The number of benzene rings is 1. The van der Waals surface area contributed by atoms with Crippen molar-refractivity contribution in [1.29, 1.82) is 0 Å². The molecule has 0 bridgehead atoms. The Kier molecular flexibility index (Phi) is 5.80. The van der Waals surface area contributed by atoms with Crippen LogP contribution < -0.4 is 11.3 Å². The zero-order valence-electron chi connectivity index (χ0n) is 13.0. The highest BCUT2D eigenvalue weighted by Gasteiger charge is 2.25. The number of rotatable bonds is 3. The molecule has 6 heteroatoms. The van der Waals surface area contributed by atoms with Gasteiger partial charge < -0.3 is 15.6 Å². The van der Waals surface area contributed by atoms with E-state index in [0.29, 0.717) is 12.1 Å². The van der Waals surface area contributed by atoms with Gasteiger partial charge in [-0.05, 0) is 36.8 Å². The third-order valence-corrected chi connectivity index (χ3v) is 4.39. The highest BCUT2D eigenvalue weighted by molar-refractivity contribution is 5.85. The van der Waals surface area contributed by atoms with Crippen LogP contribution in [-0.2, 0) is 11.2 Å². The van der Waals surface area contributed by atoms with Gasteiger partial charge in [-0.2, -0.15) is 0 Å². The summed E-state index contributed by atoms with van der Waals surface area (Å²) in [6, 6.07) is 9.51. The number of pyridine rings is 1. The first kappa shape index (κ1) is 17.5. The molecule has 1 fully saturated rings. The summed E-state index contributed by atoms with van der Waals surface area (Å²) in [5, 5.41) is 0.943. The Morgan fingerprint density at radius 1 is 1.30 bits per heavy atom. The number of hydrogen-bond donors (Lipinski definition) is 2. The second kappa shape index (κ2) is 7.62. The zero-order valence-corrected chi connectivity index (χ0v) is 13.8. The lowest BCUT2D eigenvalue weighted by atomic mass is 10.0. The smallest absolute Gasteiger partial charge is 0.252 e. The van der Waals surface area contributed by atoms with E-state index >= 15 is 0 Å². The van der Waals surface area contributed by atoms with Crippen molar-refractivity contribution in [3.05, 3.63) is 46.2 Å². The Labute approximate surface area is 141 Å². The van der Waals surface area contributed by atoms with E-state index in [-0.39, 0.29) is 36.3 Å². The molecule has 23 heavy (non-hydrogen) atoms. The molecule has 1 aromatic carbocycles. The monoisotopic (exact) mass is 335 g/mol. The molecule has 2 aromatic rings. The topological polar surface area (TPSA) is 79.2 Å². The zero-order chi connectivity index (χ0) is 15.5. The van der Waals surface area contributed by atoms with E-state index in [1.54, 1.807) is 0 Å². The molecule has 1 aliphatic rings. The summed E-state index contributed by atoms with van der Waals surface area (Å²) in [5.41, 5.74) is 6.89. The van der Waals surface area contributed by atoms with Crippen LogP contribution in [0.5, 0.6) is 0 Å². The van der Waals surface area contributed by atoms with Gasteiger partial charge in [0.25, 0.3) is 5.56 Å². The summed E-state index contributed by atoms with van der Waals surface area (Å²) in [4.78, 5) is 29.4. The molecule has 3 rings (SSSR count). The highest BCUT2D eigenvalue weighted by atomic mass is 35.5. The van der Waals surface area contributed by atoms with Gasteiger partial charge in [0.05, 0.1) is 6.42 Å². The highest BCUT2D eigenvalue weighted by Crippen LogP contribution is 2.18. The van der Waals surface area contributed by atoms with Crippen LogP contribution in [0.3, 0.4) is 0 Å². The molecule has 1 aliphatic heterocycles. The van der Waals surface area contributed by atoms with Crippen molar-refractivity contribution in [2.45, 2.75) is 31.7 Å². The van der Waals surface area contributed by atoms with Crippen molar-refractivity contribution >= 4 is 29.2 Å². The van der Waals surface area contributed by atoms with Crippen LogP contribution in [0.4, 0.5) is 0 Å². The lowest BCUT2D eigenvalue weighted by Crippen LogP contribution is -2.48.